The number of amides is 1. The van der Waals surface area contributed by atoms with E-state index in [1.54, 1.807) is 24.4 Å². The zero-order valence-corrected chi connectivity index (χ0v) is 15.5. The Kier molecular flexibility index (Phi) is 5.98. The van der Waals surface area contributed by atoms with Gasteiger partial charge in [-0.15, -0.1) is 0 Å². The minimum absolute atomic E-state index is 0.108. The van der Waals surface area contributed by atoms with E-state index in [1.165, 1.54) is 12.1 Å². The predicted molar refractivity (Wildman–Crippen MR) is 103 cm³/mol. The fraction of sp³-hybridized carbons (Fsp3) is 0.238. The van der Waals surface area contributed by atoms with Gasteiger partial charge in [0.1, 0.15) is 5.82 Å². The van der Waals surface area contributed by atoms with Gasteiger partial charge in [-0.3, -0.25) is 9.48 Å². The van der Waals surface area contributed by atoms with Crippen molar-refractivity contribution in [2.45, 2.75) is 12.6 Å². The molecule has 0 aliphatic carbocycles. The SMILES string of the molecule is CN(C)C(CNC(=O)c1ccc(Cn2cccn2)cc1)c1cccc(F)c1. The highest BCUT2D eigenvalue weighted by atomic mass is 19.1. The summed E-state index contributed by atoms with van der Waals surface area (Å²) in [5.74, 6) is -0.428. The average Bonchev–Trinajstić information content (AvgIpc) is 3.15. The van der Waals surface area contributed by atoms with Crippen LogP contribution in [0.5, 0.6) is 0 Å². The molecule has 1 aromatic heterocycles. The van der Waals surface area contributed by atoms with Crippen LogP contribution in [0.15, 0.2) is 67.0 Å². The lowest BCUT2D eigenvalue weighted by Gasteiger charge is -2.25. The number of nitrogens with zero attached hydrogens (tertiary/aromatic N) is 3. The first-order chi connectivity index (χ1) is 13.0. The first kappa shape index (κ1) is 18.8. The van der Waals surface area contributed by atoms with Gasteiger partial charge >= 0.3 is 0 Å². The van der Waals surface area contributed by atoms with E-state index in [0.29, 0.717) is 18.7 Å². The summed E-state index contributed by atoms with van der Waals surface area (Å²) >= 11 is 0. The molecule has 0 aliphatic heterocycles. The molecule has 1 unspecified atom stereocenters. The van der Waals surface area contributed by atoms with E-state index >= 15 is 0 Å². The number of likely N-dealkylation sites (N-methyl/N-ethyl adjacent to an activating group) is 1. The van der Waals surface area contributed by atoms with Gasteiger partial charge in [0.05, 0.1) is 12.6 Å². The number of hydrogen-bond acceptors (Lipinski definition) is 3. The second-order valence-electron chi connectivity index (χ2n) is 6.65. The van der Waals surface area contributed by atoms with Crippen molar-refractivity contribution in [2.75, 3.05) is 20.6 Å². The molecule has 1 N–H and O–H groups in total. The number of carbonyl (C=O) groups excluding carboxylic acids is 1. The molecule has 0 bridgehead atoms. The Labute approximate surface area is 158 Å². The molecule has 0 saturated carbocycles. The summed E-state index contributed by atoms with van der Waals surface area (Å²) in [6, 6.07) is 15.7. The monoisotopic (exact) mass is 366 g/mol. The minimum atomic E-state index is -0.279. The van der Waals surface area contributed by atoms with Gasteiger partial charge in [0, 0.05) is 24.5 Å². The Morgan fingerprint density at radius 2 is 1.96 bits per heavy atom. The number of aromatic nitrogens is 2. The molecule has 0 spiro atoms. The number of halogens is 1. The second kappa shape index (κ2) is 8.60. The van der Waals surface area contributed by atoms with E-state index in [9.17, 15) is 9.18 Å². The van der Waals surface area contributed by atoms with Crippen molar-refractivity contribution in [3.63, 3.8) is 0 Å². The van der Waals surface area contributed by atoms with Crippen LogP contribution in [0.25, 0.3) is 0 Å². The van der Waals surface area contributed by atoms with Crippen molar-refractivity contribution in [2.24, 2.45) is 0 Å². The molecule has 140 valence electrons. The molecule has 1 amide bonds. The standard InChI is InChI=1S/C21H23FN4O/c1-25(2)20(18-5-3-6-19(22)13-18)14-23-21(27)17-9-7-16(8-10-17)15-26-12-4-11-24-26/h3-13,20H,14-15H2,1-2H3,(H,23,27). The molecular formula is C21H23FN4O. The molecule has 0 radical (unpaired) electrons. The molecule has 0 aliphatic rings. The normalized spacial score (nSPS) is 12.1. The Morgan fingerprint density at radius 1 is 1.19 bits per heavy atom. The maximum atomic E-state index is 13.5. The Balaban J connectivity index is 1.62. The smallest absolute Gasteiger partial charge is 0.251 e. The largest absolute Gasteiger partial charge is 0.350 e. The highest BCUT2D eigenvalue weighted by Crippen LogP contribution is 2.18. The van der Waals surface area contributed by atoms with Gasteiger partial charge in [0.25, 0.3) is 5.91 Å². The van der Waals surface area contributed by atoms with E-state index in [0.717, 1.165) is 11.1 Å². The van der Waals surface area contributed by atoms with Gasteiger partial charge in [0.15, 0.2) is 0 Å². The lowest BCUT2D eigenvalue weighted by Crippen LogP contribution is -2.34. The van der Waals surface area contributed by atoms with Gasteiger partial charge in [0.2, 0.25) is 0 Å². The van der Waals surface area contributed by atoms with Crippen molar-refractivity contribution in [3.8, 4) is 0 Å². The maximum absolute atomic E-state index is 13.5. The van der Waals surface area contributed by atoms with Crippen LogP contribution in [0.1, 0.15) is 27.5 Å². The fourth-order valence-corrected chi connectivity index (χ4v) is 2.95. The number of benzene rings is 2. The highest BCUT2D eigenvalue weighted by molar-refractivity contribution is 5.94. The molecule has 1 atom stereocenters. The molecule has 0 fully saturated rings. The molecular weight excluding hydrogens is 343 g/mol. The summed E-state index contributed by atoms with van der Waals surface area (Å²) in [4.78, 5) is 14.4. The van der Waals surface area contributed by atoms with Gasteiger partial charge in [-0.25, -0.2) is 4.39 Å². The van der Waals surface area contributed by atoms with Crippen molar-refractivity contribution in [1.82, 2.24) is 20.0 Å². The molecule has 27 heavy (non-hydrogen) atoms. The molecule has 3 aromatic rings. The molecule has 6 heteroatoms. The van der Waals surface area contributed by atoms with Crippen LogP contribution >= 0.6 is 0 Å². The second-order valence-corrected chi connectivity index (χ2v) is 6.65. The quantitative estimate of drug-likeness (QED) is 0.699. The third kappa shape index (κ3) is 5.01. The summed E-state index contributed by atoms with van der Waals surface area (Å²) in [7, 11) is 3.82. The number of hydrogen-bond donors (Lipinski definition) is 1. The molecule has 3 rings (SSSR count). The average molecular weight is 366 g/mol. The van der Waals surface area contributed by atoms with Gasteiger partial charge < -0.3 is 10.2 Å². The molecule has 0 saturated heterocycles. The van der Waals surface area contributed by atoms with Crippen molar-refractivity contribution in [1.29, 1.82) is 0 Å². The lowest BCUT2D eigenvalue weighted by atomic mass is 10.1. The third-order valence-corrected chi connectivity index (χ3v) is 4.43. The minimum Gasteiger partial charge on any atom is -0.350 e. The highest BCUT2D eigenvalue weighted by Gasteiger charge is 2.16. The maximum Gasteiger partial charge on any atom is 0.251 e. The predicted octanol–water partition coefficient (Wildman–Crippen LogP) is 3.10. The zero-order chi connectivity index (χ0) is 19.2. The molecule has 1 heterocycles. The Morgan fingerprint density at radius 3 is 2.59 bits per heavy atom. The van der Waals surface area contributed by atoms with Crippen LogP contribution in [-0.2, 0) is 6.54 Å². The van der Waals surface area contributed by atoms with Gasteiger partial charge in [-0.2, -0.15) is 5.10 Å². The summed E-state index contributed by atoms with van der Waals surface area (Å²) < 4.78 is 15.3. The zero-order valence-electron chi connectivity index (χ0n) is 15.5. The van der Waals surface area contributed by atoms with Crippen LogP contribution in [0, 0.1) is 5.82 Å². The molecule has 5 nitrogen and oxygen atoms in total. The van der Waals surface area contributed by atoms with Crippen LogP contribution in [0.3, 0.4) is 0 Å². The summed E-state index contributed by atoms with van der Waals surface area (Å²) in [5.41, 5.74) is 2.49. The summed E-state index contributed by atoms with van der Waals surface area (Å²) in [6.45, 7) is 1.06. The van der Waals surface area contributed by atoms with E-state index < -0.39 is 0 Å². The number of rotatable bonds is 7. The number of nitrogens with one attached hydrogen (secondary N) is 1. The lowest BCUT2D eigenvalue weighted by molar-refractivity contribution is 0.0942. The van der Waals surface area contributed by atoms with E-state index in [-0.39, 0.29) is 17.8 Å². The van der Waals surface area contributed by atoms with Crippen LogP contribution in [0.2, 0.25) is 0 Å². The van der Waals surface area contributed by atoms with E-state index in [2.05, 4.69) is 10.4 Å². The van der Waals surface area contributed by atoms with E-state index in [4.69, 9.17) is 0 Å². The van der Waals surface area contributed by atoms with E-state index in [1.807, 2.05) is 54.1 Å². The summed E-state index contributed by atoms with van der Waals surface area (Å²) in [5, 5.41) is 7.12. The topological polar surface area (TPSA) is 50.2 Å². The summed E-state index contributed by atoms with van der Waals surface area (Å²) in [6.07, 6.45) is 3.63. The van der Waals surface area contributed by atoms with Gasteiger partial charge in [-0.05, 0) is 55.6 Å². The van der Waals surface area contributed by atoms with Crippen molar-refractivity contribution in [3.05, 3.63) is 89.5 Å². The van der Waals surface area contributed by atoms with Crippen LogP contribution < -0.4 is 5.32 Å². The number of carbonyl (C=O) groups is 1. The fourth-order valence-electron chi connectivity index (χ4n) is 2.95. The van der Waals surface area contributed by atoms with Crippen molar-refractivity contribution < 1.29 is 9.18 Å². The van der Waals surface area contributed by atoms with Crippen LogP contribution in [0.4, 0.5) is 4.39 Å². The first-order valence-corrected chi connectivity index (χ1v) is 8.79. The molecule has 2 aromatic carbocycles. The third-order valence-electron chi connectivity index (χ3n) is 4.43. The Bertz CT molecular complexity index is 875. The van der Waals surface area contributed by atoms with Gasteiger partial charge in [-0.1, -0.05) is 24.3 Å². The van der Waals surface area contributed by atoms with Crippen molar-refractivity contribution >= 4 is 5.91 Å². The van der Waals surface area contributed by atoms with Crippen LogP contribution in [-0.4, -0.2) is 41.2 Å². The Hall–Kier alpha value is -2.99. The first-order valence-electron chi connectivity index (χ1n) is 8.79.